The highest BCUT2D eigenvalue weighted by atomic mass is 35.5. The minimum absolute atomic E-state index is 0.219. The molecule has 2 atom stereocenters. The number of carbonyl (C=O) groups is 2. The Bertz CT molecular complexity index is 553. The summed E-state index contributed by atoms with van der Waals surface area (Å²) in [4.78, 5) is 22.7. The van der Waals surface area contributed by atoms with Gasteiger partial charge in [-0.3, -0.25) is 4.79 Å². The summed E-state index contributed by atoms with van der Waals surface area (Å²) >= 11 is 11.8. The van der Waals surface area contributed by atoms with E-state index in [0.717, 1.165) is 0 Å². The van der Waals surface area contributed by atoms with Crippen molar-refractivity contribution < 1.29 is 14.3 Å². The number of nitrogens with two attached hydrogens (primary N) is 1. The molecule has 1 fully saturated rings. The summed E-state index contributed by atoms with van der Waals surface area (Å²) in [6, 6.07) is 4.35. The van der Waals surface area contributed by atoms with Crippen LogP contribution in [0.3, 0.4) is 0 Å². The van der Waals surface area contributed by atoms with Gasteiger partial charge in [0.2, 0.25) is 5.91 Å². The number of ether oxygens (including phenoxy) is 1. The second-order valence-electron chi connectivity index (χ2n) is 4.69. The number of anilines is 1. The van der Waals surface area contributed by atoms with Crippen LogP contribution in [0, 0.1) is 0 Å². The smallest absolute Gasteiger partial charge is 0.319 e. The molecular weight excluding hydrogens is 317 g/mol. The molecule has 1 aliphatic rings. The van der Waals surface area contributed by atoms with Gasteiger partial charge in [0.05, 0.1) is 16.8 Å². The van der Waals surface area contributed by atoms with Crippen molar-refractivity contribution >= 4 is 40.8 Å². The molecule has 8 heteroatoms. The molecule has 21 heavy (non-hydrogen) atoms. The number of hydrogen-bond acceptors (Lipinski definition) is 3. The number of urea groups is 1. The van der Waals surface area contributed by atoms with Crippen molar-refractivity contribution in [2.45, 2.75) is 25.0 Å². The average molecular weight is 332 g/mol. The summed E-state index contributed by atoms with van der Waals surface area (Å²) < 4.78 is 5.40. The van der Waals surface area contributed by atoms with E-state index in [9.17, 15) is 9.59 Å². The first-order valence-electron chi connectivity index (χ1n) is 6.40. The van der Waals surface area contributed by atoms with Gasteiger partial charge in [-0.25, -0.2) is 4.79 Å². The molecule has 0 bridgehead atoms. The maximum atomic E-state index is 11.8. The third kappa shape index (κ3) is 4.49. The zero-order valence-corrected chi connectivity index (χ0v) is 12.6. The normalized spacial score (nSPS) is 21.0. The van der Waals surface area contributed by atoms with Crippen LogP contribution in [0.1, 0.15) is 12.8 Å². The molecule has 6 nitrogen and oxygen atoms in total. The van der Waals surface area contributed by atoms with Gasteiger partial charge in [-0.05, 0) is 31.0 Å². The third-order valence-electron chi connectivity index (χ3n) is 3.09. The van der Waals surface area contributed by atoms with Gasteiger partial charge < -0.3 is 21.1 Å². The fourth-order valence-corrected chi connectivity index (χ4v) is 2.37. The van der Waals surface area contributed by atoms with Gasteiger partial charge in [0, 0.05) is 11.6 Å². The van der Waals surface area contributed by atoms with Crippen molar-refractivity contribution in [1.82, 2.24) is 5.32 Å². The van der Waals surface area contributed by atoms with Crippen molar-refractivity contribution in [3.63, 3.8) is 0 Å². The van der Waals surface area contributed by atoms with E-state index < -0.39 is 18.0 Å². The predicted octanol–water partition coefficient (Wildman–Crippen LogP) is 2.15. The standard InChI is InChI=1S/C13H15Cl2N3O3/c14-7-1-3-9(15)10(5-7)18-13(20)17-6-8-2-4-11(21-8)12(16)19/h1,3,5,8,11H,2,4,6H2,(H2,16,19)(H2,17,18,20)/t8-,11+/m1/s1. The zero-order valence-electron chi connectivity index (χ0n) is 11.1. The molecule has 1 saturated heterocycles. The van der Waals surface area contributed by atoms with Crippen LogP contribution in [0.5, 0.6) is 0 Å². The van der Waals surface area contributed by atoms with Crippen LogP contribution in [-0.2, 0) is 9.53 Å². The maximum absolute atomic E-state index is 11.8. The second kappa shape index (κ2) is 6.98. The lowest BCUT2D eigenvalue weighted by atomic mass is 10.2. The molecule has 1 aliphatic heterocycles. The van der Waals surface area contributed by atoms with E-state index in [0.29, 0.717) is 28.6 Å². The van der Waals surface area contributed by atoms with E-state index in [1.807, 2.05) is 0 Å². The van der Waals surface area contributed by atoms with Crippen LogP contribution in [0.15, 0.2) is 18.2 Å². The van der Waals surface area contributed by atoms with Crippen molar-refractivity contribution in [3.8, 4) is 0 Å². The Morgan fingerprint density at radius 1 is 1.33 bits per heavy atom. The average Bonchev–Trinajstić information content (AvgIpc) is 2.90. The molecule has 0 saturated carbocycles. The number of amides is 3. The summed E-state index contributed by atoms with van der Waals surface area (Å²) in [5.74, 6) is -0.479. The Morgan fingerprint density at radius 3 is 2.76 bits per heavy atom. The molecular formula is C13H15Cl2N3O3. The molecule has 4 N–H and O–H groups in total. The van der Waals surface area contributed by atoms with Gasteiger partial charge in [0.25, 0.3) is 0 Å². The highest BCUT2D eigenvalue weighted by molar-refractivity contribution is 6.35. The van der Waals surface area contributed by atoms with Crippen LogP contribution in [0.4, 0.5) is 10.5 Å². The van der Waals surface area contributed by atoms with Gasteiger partial charge in [-0.2, -0.15) is 0 Å². The molecule has 114 valence electrons. The fourth-order valence-electron chi connectivity index (χ4n) is 2.03. The van der Waals surface area contributed by atoms with Gasteiger partial charge in [0.15, 0.2) is 0 Å². The minimum atomic E-state index is -0.567. The SMILES string of the molecule is NC(=O)[C@@H]1CC[C@H](CNC(=O)Nc2cc(Cl)ccc2Cl)O1. The van der Waals surface area contributed by atoms with E-state index in [-0.39, 0.29) is 12.6 Å². The zero-order chi connectivity index (χ0) is 15.4. The van der Waals surface area contributed by atoms with Gasteiger partial charge >= 0.3 is 6.03 Å². The number of carbonyl (C=O) groups excluding carboxylic acids is 2. The van der Waals surface area contributed by atoms with Crippen molar-refractivity contribution in [2.24, 2.45) is 5.73 Å². The Morgan fingerprint density at radius 2 is 2.10 bits per heavy atom. The number of benzene rings is 1. The minimum Gasteiger partial charge on any atom is -0.367 e. The Hall–Kier alpha value is -1.50. The van der Waals surface area contributed by atoms with Crippen LogP contribution in [0.25, 0.3) is 0 Å². The van der Waals surface area contributed by atoms with Gasteiger partial charge in [-0.1, -0.05) is 23.2 Å². The van der Waals surface area contributed by atoms with Crippen molar-refractivity contribution in [3.05, 3.63) is 28.2 Å². The van der Waals surface area contributed by atoms with E-state index in [1.165, 1.54) is 0 Å². The predicted molar refractivity (Wildman–Crippen MR) is 80.6 cm³/mol. The van der Waals surface area contributed by atoms with Gasteiger partial charge in [-0.15, -0.1) is 0 Å². The molecule has 0 aliphatic carbocycles. The molecule has 1 aromatic rings. The lowest BCUT2D eigenvalue weighted by molar-refractivity contribution is -0.128. The second-order valence-corrected chi connectivity index (χ2v) is 5.53. The Balaban J connectivity index is 1.80. The van der Waals surface area contributed by atoms with E-state index in [2.05, 4.69) is 10.6 Å². The number of nitrogens with one attached hydrogen (secondary N) is 2. The Kier molecular flexibility index (Phi) is 5.27. The monoisotopic (exact) mass is 331 g/mol. The molecule has 1 aromatic carbocycles. The fraction of sp³-hybridized carbons (Fsp3) is 0.385. The lowest BCUT2D eigenvalue weighted by Gasteiger charge is -2.13. The Labute approximate surface area is 131 Å². The third-order valence-corrected chi connectivity index (χ3v) is 3.66. The lowest BCUT2D eigenvalue weighted by Crippen LogP contribution is -2.36. The van der Waals surface area contributed by atoms with Gasteiger partial charge in [0.1, 0.15) is 6.10 Å². The summed E-state index contributed by atoms with van der Waals surface area (Å²) in [5.41, 5.74) is 5.58. The summed E-state index contributed by atoms with van der Waals surface area (Å²) in [6.07, 6.45) is 0.459. The largest absolute Gasteiger partial charge is 0.367 e. The van der Waals surface area contributed by atoms with E-state index in [4.69, 9.17) is 33.7 Å². The van der Waals surface area contributed by atoms with E-state index >= 15 is 0 Å². The summed E-state index contributed by atoms with van der Waals surface area (Å²) in [7, 11) is 0. The number of primary amides is 1. The molecule has 0 radical (unpaired) electrons. The number of hydrogen-bond donors (Lipinski definition) is 3. The highest BCUT2D eigenvalue weighted by Gasteiger charge is 2.29. The molecule has 3 amide bonds. The summed E-state index contributed by atoms with van der Waals surface area (Å²) in [5, 5.41) is 6.11. The quantitative estimate of drug-likeness (QED) is 0.789. The first-order valence-corrected chi connectivity index (χ1v) is 7.16. The van der Waals surface area contributed by atoms with Crippen molar-refractivity contribution in [1.29, 1.82) is 0 Å². The molecule has 0 unspecified atom stereocenters. The first-order chi connectivity index (χ1) is 9.95. The maximum Gasteiger partial charge on any atom is 0.319 e. The number of rotatable bonds is 4. The first kappa shape index (κ1) is 15.9. The van der Waals surface area contributed by atoms with Crippen molar-refractivity contribution in [2.75, 3.05) is 11.9 Å². The van der Waals surface area contributed by atoms with Crippen LogP contribution < -0.4 is 16.4 Å². The molecule has 2 rings (SSSR count). The van der Waals surface area contributed by atoms with E-state index in [1.54, 1.807) is 18.2 Å². The molecule has 0 spiro atoms. The number of halogens is 2. The highest BCUT2D eigenvalue weighted by Crippen LogP contribution is 2.25. The molecule has 0 aromatic heterocycles. The van der Waals surface area contributed by atoms with Crippen LogP contribution in [0.2, 0.25) is 10.0 Å². The topological polar surface area (TPSA) is 93.5 Å². The summed E-state index contributed by atoms with van der Waals surface area (Å²) in [6.45, 7) is 0.286. The molecule has 1 heterocycles. The van der Waals surface area contributed by atoms with Crippen LogP contribution in [-0.4, -0.2) is 30.7 Å². The van der Waals surface area contributed by atoms with Crippen LogP contribution >= 0.6 is 23.2 Å².